The Kier molecular flexibility index (Phi) is 4.70. The lowest BCUT2D eigenvalue weighted by Gasteiger charge is -2.00. The lowest BCUT2D eigenvalue weighted by Crippen LogP contribution is -1.97. The molecular formula is C22H16N2O5. The minimum Gasteiger partial charge on any atom is -0.507 e. The average Bonchev–Trinajstić information content (AvgIpc) is 3.16. The highest BCUT2D eigenvalue weighted by atomic mass is 16.5. The fourth-order valence-corrected chi connectivity index (χ4v) is 2.81. The van der Waals surface area contributed by atoms with Crippen LogP contribution in [0, 0.1) is 0 Å². The summed E-state index contributed by atoms with van der Waals surface area (Å²) in [7, 11) is 1.60. The van der Waals surface area contributed by atoms with Gasteiger partial charge in [-0.2, -0.15) is 0 Å². The first-order valence-electron chi connectivity index (χ1n) is 8.69. The van der Waals surface area contributed by atoms with Crippen LogP contribution in [0.2, 0.25) is 0 Å². The van der Waals surface area contributed by atoms with Crippen molar-refractivity contribution in [3.05, 3.63) is 71.8 Å². The number of phenols is 1. The van der Waals surface area contributed by atoms with E-state index in [0.29, 0.717) is 34.0 Å². The van der Waals surface area contributed by atoms with Crippen LogP contribution in [0.1, 0.15) is 15.9 Å². The molecule has 0 fully saturated rings. The van der Waals surface area contributed by atoms with Crippen LogP contribution >= 0.6 is 0 Å². The molecule has 1 heterocycles. The van der Waals surface area contributed by atoms with Gasteiger partial charge in [0.25, 0.3) is 0 Å². The number of methoxy groups -OCH3 is 1. The second-order valence-corrected chi connectivity index (χ2v) is 6.24. The van der Waals surface area contributed by atoms with Crippen LogP contribution in [0.5, 0.6) is 11.5 Å². The van der Waals surface area contributed by atoms with E-state index in [2.05, 4.69) is 9.98 Å². The molecule has 0 radical (unpaired) electrons. The number of oxazole rings is 1. The Balaban J connectivity index is 1.65. The molecule has 0 saturated heterocycles. The summed E-state index contributed by atoms with van der Waals surface area (Å²) in [6.07, 6.45) is 1.41. The molecule has 1 aromatic heterocycles. The number of nitrogens with zero attached hydrogens (tertiary/aromatic N) is 2. The minimum atomic E-state index is -1.08. The Morgan fingerprint density at radius 1 is 1.14 bits per heavy atom. The van der Waals surface area contributed by atoms with E-state index in [9.17, 15) is 9.90 Å². The fraction of sp³-hybridized carbons (Fsp3) is 0.0455. The number of aromatic carboxylic acids is 1. The quantitative estimate of drug-likeness (QED) is 0.482. The largest absolute Gasteiger partial charge is 0.507 e. The van der Waals surface area contributed by atoms with Crippen molar-refractivity contribution in [3.8, 4) is 23.0 Å². The highest BCUT2D eigenvalue weighted by molar-refractivity contribution is 5.93. The van der Waals surface area contributed by atoms with E-state index in [0.717, 1.165) is 5.56 Å². The number of hydrogen-bond donors (Lipinski definition) is 2. The molecule has 2 N–H and O–H groups in total. The molecule has 0 saturated carbocycles. The number of phenolic OH excluding ortho intramolecular Hbond substituents is 1. The Morgan fingerprint density at radius 2 is 2.00 bits per heavy atom. The number of benzene rings is 3. The van der Waals surface area contributed by atoms with Crippen molar-refractivity contribution in [1.29, 1.82) is 0 Å². The van der Waals surface area contributed by atoms with Gasteiger partial charge in [-0.05, 0) is 54.6 Å². The first-order chi connectivity index (χ1) is 14.0. The third-order valence-corrected chi connectivity index (χ3v) is 4.32. The molecule has 0 atom stereocenters. The van der Waals surface area contributed by atoms with Crippen LogP contribution in [0.15, 0.2) is 70.1 Å². The molecule has 0 spiro atoms. The number of carboxylic acids is 1. The van der Waals surface area contributed by atoms with E-state index in [4.69, 9.17) is 14.3 Å². The van der Waals surface area contributed by atoms with Crippen LogP contribution in [0.25, 0.3) is 22.6 Å². The number of aromatic hydroxyl groups is 1. The predicted molar refractivity (Wildman–Crippen MR) is 108 cm³/mol. The SMILES string of the molecule is COc1cccc(-c2nc3cc(N=Cc4cc(C(=O)O)ccc4O)ccc3o2)c1. The van der Waals surface area contributed by atoms with Crippen molar-refractivity contribution < 1.29 is 24.2 Å². The van der Waals surface area contributed by atoms with E-state index in [1.54, 1.807) is 25.3 Å². The molecule has 0 bridgehead atoms. The van der Waals surface area contributed by atoms with Crippen LogP contribution in [0.3, 0.4) is 0 Å². The van der Waals surface area contributed by atoms with Crippen molar-refractivity contribution in [1.82, 2.24) is 4.98 Å². The van der Waals surface area contributed by atoms with E-state index >= 15 is 0 Å². The van der Waals surface area contributed by atoms with Crippen LogP contribution < -0.4 is 4.74 Å². The van der Waals surface area contributed by atoms with Gasteiger partial charge < -0.3 is 19.4 Å². The van der Waals surface area contributed by atoms with E-state index in [-0.39, 0.29) is 11.3 Å². The summed E-state index contributed by atoms with van der Waals surface area (Å²) < 4.78 is 11.0. The molecule has 0 amide bonds. The number of rotatable bonds is 5. The van der Waals surface area contributed by atoms with Gasteiger partial charge in [0.05, 0.1) is 18.4 Å². The number of aliphatic imine (C=N–C) groups is 1. The molecule has 0 aliphatic heterocycles. The first-order valence-corrected chi connectivity index (χ1v) is 8.69. The summed E-state index contributed by atoms with van der Waals surface area (Å²) in [5.74, 6) is 0.0422. The molecule has 0 aliphatic rings. The van der Waals surface area contributed by atoms with Crippen molar-refractivity contribution in [2.45, 2.75) is 0 Å². The maximum absolute atomic E-state index is 11.1. The van der Waals surface area contributed by atoms with Crippen LogP contribution in [-0.2, 0) is 0 Å². The molecule has 4 aromatic rings. The second kappa shape index (κ2) is 7.47. The zero-order valence-electron chi connectivity index (χ0n) is 15.4. The Morgan fingerprint density at radius 3 is 2.79 bits per heavy atom. The number of fused-ring (bicyclic) bond motifs is 1. The molecular weight excluding hydrogens is 372 g/mol. The predicted octanol–water partition coefficient (Wildman–Crippen LogP) is 4.66. The molecule has 144 valence electrons. The number of ether oxygens (including phenoxy) is 1. The van der Waals surface area contributed by atoms with Crippen molar-refractivity contribution >= 4 is 29.0 Å². The standard InChI is InChI=1S/C22H16N2O5/c1-28-17-4-2-3-13(10-17)21-24-18-11-16(6-8-20(18)29-21)23-12-15-9-14(22(26)27)5-7-19(15)25/h2-12,25H,1H3,(H,26,27). The average molecular weight is 388 g/mol. The maximum Gasteiger partial charge on any atom is 0.335 e. The van der Waals surface area contributed by atoms with E-state index < -0.39 is 5.97 Å². The van der Waals surface area contributed by atoms with Gasteiger partial charge in [0.2, 0.25) is 5.89 Å². The van der Waals surface area contributed by atoms with Crippen molar-refractivity contribution in [2.24, 2.45) is 4.99 Å². The summed E-state index contributed by atoms with van der Waals surface area (Å²) in [6, 6.07) is 16.7. The number of hydrogen-bond acceptors (Lipinski definition) is 6. The summed E-state index contributed by atoms with van der Waals surface area (Å²) in [4.78, 5) is 19.9. The van der Waals surface area contributed by atoms with Crippen molar-refractivity contribution in [2.75, 3.05) is 7.11 Å². The molecule has 0 aliphatic carbocycles. The third kappa shape index (κ3) is 3.79. The smallest absolute Gasteiger partial charge is 0.335 e. The van der Waals surface area contributed by atoms with Crippen LogP contribution in [-0.4, -0.2) is 34.5 Å². The van der Waals surface area contributed by atoms with Crippen LogP contribution in [0.4, 0.5) is 5.69 Å². The summed E-state index contributed by atoms with van der Waals surface area (Å²) >= 11 is 0. The topological polar surface area (TPSA) is 105 Å². The molecule has 7 heteroatoms. The Bertz CT molecular complexity index is 1240. The van der Waals surface area contributed by atoms with Gasteiger partial charge in [0.1, 0.15) is 17.0 Å². The number of carbonyl (C=O) groups is 1. The van der Waals surface area contributed by atoms with Gasteiger partial charge in [-0.1, -0.05) is 6.07 Å². The highest BCUT2D eigenvalue weighted by Crippen LogP contribution is 2.29. The van der Waals surface area contributed by atoms with Crippen molar-refractivity contribution in [3.63, 3.8) is 0 Å². The zero-order chi connectivity index (χ0) is 20.4. The molecule has 0 unspecified atom stereocenters. The Labute approximate surface area is 165 Å². The zero-order valence-corrected chi connectivity index (χ0v) is 15.4. The van der Waals surface area contributed by atoms with Gasteiger partial charge in [-0.15, -0.1) is 0 Å². The molecule has 29 heavy (non-hydrogen) atoms. The maximum atomic E-state index is 11.1. The minimum absolute atomic E-state index is 0.0541. The van der Waals surface area contributed by atoms with Gasteiger partial charge in [-0.3, -0.25) is 4.99 Å². The van der Waals surface area contributed by atoms with E-state index in [1.807, 2.05) is 24.3 Å². The lowest BCUT2D eigenvalue weighted by atomic mass is 10.1. The highest BCUT2D eigenvalue weighted by Gasteiger charge is 2.10. The van der Waals surface area contributed by atoms with E-state index in [1.165, 1.54) is 24.4 Å². The summed E-state index contributed by atoms with van der Waals surface area (Å²) in [5.41, 5.74) is 2.99. The van der Waals surface area contributed by atoms with Gasteiger partial charge in [0.15, 0.2) is 5.58 Å². The number of aromatic nitrogens is 1. The lowest BCUT2D eigenvalue weighted by molar-refractivity contribution is 0.0697. The third-order valence-electron chi connectivity index (χ3n) is 4.32. The second-order valence-electron chi connectivity index (χ2n) is 6.24. The molecule has 7 nitrogen and oxygen atoms in total. The van der Waals surface area contributed by atoms with Gasteiger partial charge in [0, 0.05) is 17.3 Å². The monoisotopic (exact) mass is 388 g/mol. The summed E-state index contributed by atoms with van der Waals surface area (Å²) in [6.45, 7) is 0. The number of carboxylic acid groups (broad SMARTS) is 1. The fourth-order valence-electron chi connectivity index (χ4n) is 2.81. The molecule has 4 rings (SSSR count). The Hall–Kier alpha value is -4.13. The normalized spacial score (nSPS) is 11.2. The summed E-state index contributed by atoms with van der Waals surface area (Å²) in [5, 5.41) is 19.0. The van der Waals surface area contributed by atoms with Gasteiger partial charge in [-0.25, -0.2) is 9.78 Å². The first kappa shape index (κ1) is 18.2. The van der Waals surface area contributed by atoms with Gasteiger partial charge >= 0.3 is 5.97 Å². The molecule has 3 aromatic carbocycles.